The monoisotopic (exact) mass is 284 g/mol. The first kappa shape index (κ1) is 15.2. The Balaban J connectivity index is 2.13. The van der Waals surface area contributed by atoms with Gasteiger partial charge in [0, 0.05) is 0 Å². The predicted octanol–water partition coefficient (Wildman–Crippen LogP) is -0.518. The second-order valence-electron chi connectivity index (χ2n) is 5.06. The van der Waals surface area contributed by atoms with Gasteiger partial charge in [-0.25, -0.2) is 0 Å². The highest BCUT2D eigenvalue weighted by Gasteiger charge is 2.44. The summed E-state index contributed by atoms with van der Waals surface area (Å²) >= 11 is 0. The first-order chi connectivity index (χ1) is 9.43. The number of aliphatic hydroxyl groups is 4. The maximum absolute atomic E-state index is 9.86. The van der Waals surface area contributed by atoms with E-state index in [1.165, 1.54) is 0 Å². The Kier molecular flexibility index (Phi) is 4.62. The summed E-state index contributed by atoms with van der Waals surface area (Å²) in [7, 11) is 0. The topological polar surface area (TPSA) is 99.4 Å². The molecule has 20 heavy (non-hydrogen) atoms. The molecule has 1 saturated heterocycles. The fourth-order valence-corrected chi connectivity index (χ4v) is 2.09. The summed E-state index contributed by atoms with van der Waals surface area (Å²) in [5, 5.41) is 38.3. The van der Waals surface area contributed by atoms with Gasteiger partial charge in [0.05, 0.1) is 6.61 Å². The zero-order chi connectivity index (χ0) is 14.9. The van der Waals surface area contributed by atoms with E-state index in [4.69, 9.17) is 14.6 Å². The van der Waals surface area contributed by atoms with E-state index in [0.29, 0.717) is 5.75 Å². The first-order valence-electron chi connectivity index (χ1n) is 6.48. The summed E-state index contributed by atoms with van der Waals surface area (Å²) < 4.78 is 10.8. The highest BCUT2D eigenvalue weighted by Crippen LogP contribution is 2.25. The van der Waals surface area contributed by atoms with Crippen LogP contribution in [0.3, 0.4) is 0 Å². The smallest absolute Gasteiger partial charge is 0.229 e. The van der Waals surface area contributed by atoms with E-state index in [2.05, 4.69) is 0 Å². The summed E-state index contributed by atoms with van der Waals surface area (Å²) in [5.74, 6) is 0.484. The van der Waals surface area contributed by atoms with Crippen molar-refractivity contribution in [3.63, 3.8) is 0 Å². The van der Waals surface area contributed by atoms with Crippen LogP contribution < -0.4 is 4.74 Å². The van der Waals surface area contributed by atoms with E-state index >= 15 is 0 Å². The molecule has 0 bridgehead atoms. The molecule has 1 fully saturated rings. The van der Waals surface area contributed by atoms with Gasteiger partial charge >= 0.3 is 0 Å². The minimum Gasteiger partial charge on any atom is -0.462 e. The fourth-order valence-electron chi connectivity index (χ4n) is 2.09. The molecule has 0 aromatic heterocycles. The predicted molar refractivity (Wildman–Crippen MR) is 70.3 cm³/mol. The van der Waals surface area contributed by atoms with Gasteiger partial charge in [-0.15, -0.1) is 0 Å². The molecular formula is C14H20O6. The molecule has 5 atom stereocenters. The number of hydrogen-bond donors (Lipinski definition) is 4. The minimum atomic E-state index is -1.43. The van der Waals surface area contributed by atoms with Crippen LogP contribution in [0.15, 0.2) is 18.2 Å². The Bertz CT molecular complexity index is 461. The molecule has 0 radical (unpaired) electrons. The number of benzene rings is 1. The number of aliphatic hydroxyl groups excluding tert-OH is 4. The largest absolute Gasteiger partial charge is 0.462 e. The van der Waals surface area contributed by atoms with Crippen LogP contribution in [0.4, 0.5) is 0 Å². The molecule has 6 nitrogen and oxygen atoms in total. The Hall–Kier alpha value is -1.18. The molecule has 6 heteroatoms. The Morgan fingerprint density at radius 3 is 2.35 bits per heavy atom. The number of aryl methyl sites for hydroxylation is 2. The maximum atomic E-state index is 9.86. The highest BCUT2D eigenvalue weighted by atomic mass is 16.7. The van der Waals surface area contributed by atoms with Crippen LogP contribution in [0.2, 0.25) is 0 Å². The van der Waals surface area contributed by atoms with E-state index in [0.717, 1.165) is 11.1 Å². The van der Waals surface area contributed by atoms with Gasteiger partial charge in [0.2, 0.25) is 6.29 Å². The van der Waals surface area contributed by atoms with Crippen LogP contribution in [0.5, 0.6) is 5.75 Å². The van der Waals surface area contributed by atoms with Crippen LogP contribution in [-0.2, 0) is 4.74 Å². The van der Waals surface area contributed by atoms with Crippen LogP contribution in [-0.4, -0.2) is 57.7 Å². The van der Waals surface area contributed by atoms with Crippen LogP contribution >= 0.6 is 0 Å². The zero-order valence-corrected chi connectivity index (χ0v) is 11.4. The standard InChI is InChI=1S/C14H20O6/c1-7-3-4-9(5-8(7)2)19-14-13(18)12(17)11(16)10(6-15)20-14/h3-5,10-18H,6H2,1-2H3/t10-,11-,12-,13+,14+/m1/s1. The fraction of sp³-hybridized carbons (Fsp3) is 0.571. The van der Waals surface area contributed by atoms with E-state index in [1.807, 2.05) is 19.9 Å². The number of ether oxygens (including phenoxy) is 2. The summed E-state index contributed by atoms with van der Waals surface area (Å²) in [6, 6.07) is 5.38. The van der Waals surface area contributed by atoms with E-state index in [-0.39, 0.29) is 0 Å². The molecule has 0 spiro atoms. The Morgan fingerprint density at radius 2 is 1.75 bits per heavy atom. The van der Waals surface area contributed by atoms with Crippen LogP contribution in [0, 0.1) is 13.8 Å². The van der Waals surface area contributed by atoms with Gasteiger partial charge < -0.3 is 29.9 Å². The third-order valence-corrected chi connectivity index (χ3v) is 3.58. The minimum absolute atomic E-state index is 0.474. The normalized spacial score (nSPS) is 34.0. The summed E-state index contributed by atoms with van der Waals surface area (Å²) in [6.45, 7) is 3.42. The lowest BCUT2D eigenvalue weighted by Gasteiger charge is -2.39. The van der Waals surface area contributed by atoms with Crippen molar-refractivity contribution in [2.45, 2.75) is 44.6 Å². The third-order valence-electron chi connectivity index (χ3n) is 3.58. The van der Waals surface area contributed by atoms with Crippen molar-refractivity contribution < 1.29 is 29.9 Å². The van der Waals surface area contributed by atoms with Crippen molar-refractivity contribution in [3.05, 3.63) is 29.3 Å². The summed E-state index contributed by atoms with van der Waals surface area (Å²) in [4.78, 5) is 0. The number of hydrogen-bond acceptors (Lipinski definition) is 6. The maximum Gasteiger partial charge on any atom is 0.229 e. The molecule has 112 valence electrons. The molecule has 1 aromatic carbocycles. The van der Waals surface area contributed by atoms with Crippen molar-refractivity contribution in [2.75, 3.05) is 6.61 Å². The quantitative estimate of drug-likeness (QED) is 0.596. The van der Waals surface area contributed by atoms with Gasteiger partial charge in [0.15, 0.2) is 0 Å². The molecule has 4 N–H and O–H groups in total. The summed E-state index contributed by atoms with van der Waals surface area (Å²) in [5.41, 5.74) is 2.12. The van der Waals surface area contributed by atoms with Gasteiger partial charge in [0.1, 0.15) is 30.2 Å². The lowest BCUT2D eigenvalue weighted by Crippen LogP contribution is -2.60. The second-order valence-corrected chi connectivity index (χ2v) is 5.06. The van der Waals surface area contributed by atoms with Crippen LogP contribution in [0.25, 0.3) is 0 Å². The second kappa shape index (κ2) is 6.07. The van der Waals surface area contributed by atoms with Gasteiger partial charge in [0.25, 0.3) is 0 Å². The molecule has 2 rings (SSSR count). The average molecular weight is 284 g/mol. The molecule has 0 amide bonds. The highest BCUT2D eigenvalue weighted by molar-refractivity contribution is 5.33. The van der Waals surface area contributed by atoms with E-state index in [9.17, 15) is 15.3 Å². The number of rotatable bonds is 3. The molecule has 0 unspecified atom stereocenters. The third kappa shape index (κ3) is 2.94. The van der Waals surface area contributed by atoms with Gasteiger partial charge in [-0.3, -0.25) is 0 Å². The Labute approximate surface area is 117 Å². The van der Waals surface area contributed by atoms with Crippen molar-refractivity contribution in [2.24, 2.45) is 0 Å². The van der Waals surface area contributed by atoms with E-state index < -0.39 is 37.3 Å². The van der Waals surface area contributed by atoms with Crippen molar-refractivity contribution in [3.8, 4) is 5.75 Å². The molecule has 1 aliphatic rings. The average Bonchev–Trinajstić information content (AvgIpc) is 2.43. The van der Waals surface area contributed by atoms with Crippen molar-refractivity contribution >= 4 is 0 Å². The molecule has 1 aliphatic heterocycles. The summed E-state index contributed by atoms with van der Waals surface area (Å²) in [6.07, 6.45) is -6.32. The lowest BCUT2D eigenvalue weighted by atomic mass is 9.99. The van der Waals surface area contributed by atoms with E-state index in [1.54, 1.807) is 12.1 Å². The molecule has 0 saturated carbocycles. The zero-order valence-electron chi connectivity index (χ0n) is 11.4. The van der Waals surface area contributed by atoms with Gasteiger partial charge in [-0.2, -0.15) is 0 Å². The SMILES string of the molecule is Cc1ccc(O[C@H]2O[C@H](CO)[C@@H](O)[C@@H](O)[C@@H]2O)cc1C. The van der Waals surface area contributed by atoms with Crippen molar-refractivity contribution in [1.29, 1.82) is 0 Å². The van der Waals surface area contributed by atoms with Gasteiger partial charge in [-0.05, 0) is 37.1 Å². The first-order valence-corrected chi connectivity index (χ1v) is 6.48. The lowest BCUT2D eigenvalue weighted by molar-refractivity contribution is -0.277. The molecule has 1 heterocycles. The van der Waals surface area contributed by atoms with Gasteiger partial charge in [-0.1, -0.05) is 6.07 Å². The molecular weight excluding hydrogens is 264 g/mol. The van der Waals surface area contributed by atoms with Crippen molar-refractivity contribution in [1.82, 2.24) is 0 Å². The Morgan fingerprint density at radius 1 is 1.05 bits per heavy atom. The molecule has 1 aromatic rings. The van der Waals surface area contributed by atoms with Crippen LogP contribution in [0.1, 0.15) is 11.1 Å². The molecule has 0 aliphatic carbocycles.